The Morgan fingerprint density at radius 2 is 1.43 bits per heavy atom. The summed E-state index contributed by atoms with van der Waals surface area (Å²) in [6, 6.07) is 27.3. The summed E-state index contributed by atoms with van der Waals surface area (Å²) in [6.07, 6.45) is 2.19. The molecule has 0 atom stereocenters. The zero-order valence-corrected chi connectivity index (χ0v) is 24.4. The maximum absolute atomic E-state index is 5.71. The Balaban J connectivity index is 1.30. The molecule has 2 aliphatic rings. The topological polar surface area (TPSA) is 58.0 Å². The van der Waals surface area contributed by atoms with E-state index in [2.05, 4.69) is 88.5 Å². The van der Waals surface area contributed by atoms with E-state index in [1.807, 2.05) is 12.1 Å². The van der Waals surface area contributed by atoms with E-state index in [9.17, 15) is 0 Å². The van der Waals surface area contributed by atoms with Crippen LogP contribution in [0.3, 0.4) is 0 Å². The molecule has 0 fully saturated rings. The van der Waals surface area contributed by atoms with E-state index in [4.69, 9.17) is 23.9 Å². The third-order valence-electron chi connectivity index (χ3n) is 7.65. The fraction of sp³-hybridized carbons (Fsp3) is 0.265. The first kappa shape index (κ1) is 26.6. The summed E-state index contributed by atoms with van der Waals surface area (Å²) < 4.78 is 25.0. The van der Waals surface area contributed by atoms with Gasteiger partial charge < -0.3 is 23.5 Å². The van der Waals surface area contributed by atoms with Crippen LogP contribution in [0.4, 0.5) is 0 Å². The molecule has 0 bridgehead atoms. The third kappa shape index (κ3) is 5.47. The molecule has 42 heavy (non-hydrogen) atoms. The van der Waals surface area contributed by atoms with Gasteiger partial charge in [0.2, 0.25) is 13.6 Å². The molecule has 0 unspecified atom stereocenters. The van der Waals surface area contributed by atoms with Crippen LogP contribution in [-0.4, -0.2) is 28.0 Å². The van der Waals surface area contributed by atoms with Crippen molar-refractivity contribution in [2.75, 3.05) is 13.6 Å². The summed E-state index contributed by atoms with van der Waals surface area (Å²) >= 11 is 1.74. The predicted octanol–water partition coefficient (Wildman–Crippen LogP) is 7.74. The van der Waals surface area contributed by atoms with Crippen molar-refractivity contribution in [3.63, 3.8) is 0 Å². The Labute approximate surface area is 249 Å². The molecule has 7 nitrogen and oxygen atoms in total. The standard InChI is InChI=1S/C34H33N3O4S/c1-2-3-15-37-27(33(32-10-7-16-42-32)35-34(37)26-8-5-4-6-9-26)21-36(19-24-11-13-28-30(17-24)40-22-38-28)20-25-12-14-29-31(18-25)41-23-39-29/h4-14,16-18H,2-3,15,19-23H2,1H3. The Morgan fingerprint density at radius 1 is 0.762 bits per heavy atom. The summed E-state index contributed by atoms with van der Waals surface area (Å²) in [7, 11) is 0. The Hall–Kier alpha value is -4.27. The number of ether oxygens (including phenoxy) is 4. The molecule has 0 saturated heterocycles. The monoisotopic (exact) mass is 579 g/mol. The van der Waals surface area contributed by atoms with Gasteiger partial charge in [0.1, 0.15) is 11.5 Å². The lowest BCUT2D eigenvalue weighted by Gasteiger charge is -2.25. The lowest BCUT2D eigenvalue weighted by molar-refractivity contribution is 0.173. The van der Waals surface area contributed by atoms with E-state index in [-0.39, 0.29) is 13.6 Å². The molecule has 3 aromatic carbocycles. The van der Waals surface area contributed by atoms with Gasteiger partial charge in [-0.3, -0.25) is 4.90 Å². The molecule has 5 aromatic rings. The molecular formula is C34H33N3O4S. The summed E-state index contributed by atoms with van der Waals surface area (Å²) in [4.78, 5) is 8.97. The molecular weight excluding hydrogens is 546 g/mol. The molecule has 4 heterocycles. The van der Waals surface area contributed by atoms with Crippen LogP contribution < -0.4 is 18.9 Å². The van der Waals surface area contributed by atoms with Crippen LogP contribution in [0.5, 0.6) is 23.0 Å². The minimum absolute atomic E-state index is 0.267. The van der Waals surface area contributed by atoms with Gasteiger partial charge in [0.15, 0.2) is 23.0 Å². The van der Waals surface area contributed by atoms with Crippen molar-refractivity contribution in [1.29, 1.82) is 0 Å². The predicted molar refractivity (Wildman–Crippen MR) is 164 cm³/mol. The molecule has 7 rings (SSSR count). The number of fused-ring (bicyclic) bond motifs is 2. The normalized spacial score (nSPS) is 13.3. The summed E-state index contributed by atoms with van der Waals surface area (Å²) in [5.41, 5.74) is 5.75. The molecule has 0 spiro atoms. The molecule has 0 radical (unpaired) electrons. The maximum Gasteiger partial charge on any atom is 0.231 e. The molecule has 0 aliphatic carbocycles. The van der Waals surface area contributed by atoms with Crippen molar-refractivity contribution >= 4 is 11.3 Å². The number of nitrogens with zero attached hydrogens (tertiary/aromatic N) is 3. The van der Waals surface area contributed by atoms with Gasteiger partial charge in [0.05, 0.1) is 10.6 Å². The number of benzene rings is 3. The Kier molecular flexibility index (Phi) is 7.55. The SMILES string of the molecule is CCCCn1c(-c2ccccc2)nc(-c2cccs2)c1CN(Cc1ccc2c(c1)OCO2)Cc1ccc2c(c1)OCO2. The van der Waals surface area contributed by atoms with E-state index in [1.165, 1.54) is 21.7 Å². The third-order valence-corrected chi connectivity index (χ3v) is 8.53. The maximum atomic E-state index is 5.71. The quantitative estimate of drug-likeness (QED) is 0.160. The van der Waals surface area contributed by atoms with Crippen molar-refractivity contribution in [2.45, 2.75) is 45.9 Å². The van der Waals surface area contributed by atoms with Gasteiger partial charge in [-0.25, -0.2) is 4.98 Å². The van der Waals surface area contributed by atoms with E-state index >= 15 is 0 Å². The summed E-state index contributed by atoms with van der Waals surface area (Å²) in [6.45, 7) is 5.87. The zero-order valence-electron chi connectivity index (χ0n) is 23.6. The molecule has 8 heteroatoms. The average Bonchev–Trinajstić information content (AvgIpc) is 3.83. The van der Waals surface area contributed by atoms with Crippen LogP contribution in [0.1, 0.15) is 36.6 Å². The van der Waals surface area contributed by atoms with Gasteiger partial charge in [0.25, 0.3) is 0 Å². The second-order valence-electron chi connectivity index (χ2n) is 10.6. The number of unbranched alkanes of at least 4 members (excludes halogenated alkanes) is 1. The Morgan fingerprint density at radius 3 is 2.05 bits per heavy atom. The minimum Gasteiger partial charge on any atom is -0.454 e. The van der Waals surface area contributed by atoms with Crippen molar-refractivity contribution < 1.29 is 18.9 Å². The molecule has 0 N–H and O–H groups in total. The first-order chi connectivity index (χ1) is 20.7. The van der Waals surface area contributed by atoms with E-state index in [0.29, 0.717) is 0 Å². The van der Waals surface area contributed by atoms with Gasteiger partial charge in [-0.1, -0.05) is 61.9 Å². The number of imidazole rings is 1. The highest BCUT2D eigenvalue weighted by Gasteiger charge is 2.24. The van der Waals surface area contributed by atoms with Crippen LogP contribution in [0.2, 0.25) is 0 Å². The number of hydrogen-bond donors (Lipinski definition) is 0. The molecule has 2 aromatic heterocycles. The average molecular weight is 580 g/mol. The largest absolute Gasteiger partial charge is 0.454 e. The molecule has 2 aliphatic heterocycles. The van der Waals surface area contributed by atoms with Crippen molar-refractivity contribution in [3.8, 4) is 45.0 Å². The van der Waals surface area contributed by atoms with Crippen molar-refractivity contribution in [1.82, 2.24) is 14.5 Å². The molecule has 214 valence electrons. The van der Waals surface area contributed by atoms with Crippen molar-refractivity contribution in [2.24, 2.45) is 0 Å². The van der Waals surface area contributed by atoms with Crippen LogP contribution in [0, 0.1) is 0 Å². The van der Waals surface area contributed by atoms with Gasteiger partial charge in [-0.2, -0.15) is 0 Å². The van der Waals surface area contributed by atoms with Gasteiger partial charge in [-0.05, 0) is 53.3 Å². The summed E-state index contributed by atoms with van der Waals surface area (Å²) in [5, 5.41) is 2.13. The Bertz CT molecular complexity index is 1610. The highest BCUT2D eigenvalue weighted by molar-refractivity contribution is 7.13. The molecule has 0 amide bonds. The number of hydrogen-bond acceptors (Lipinski definition) is 7. The van der Waals surface area contributed by atoms with Crippen LogP contribution in [-0.2, 0) is 26.2 Å². The van der Waals surface area contributed by atoms with E-state index < -0.39 is 0 Å². The van der Waals surface area contributed by atoms with Crippen molar-refractivity contribution in [3.05, 3.63) is 101 Å². The second-order valence-corrected chi connectivity index (χ2v) is 11.5. The van der Waals surface area contributed by atoms with E-state index in [0.717, 1.165) is 79.1 Å². The lowest BCUT2D eigenvalue weighted by Crippen LogP contribution is -2.24. The molecule has 0 saturated carbocycles. The first-order valence-electron chi connectivity index (χ1n) is 14.4. The highest BCUT2D eigenvalue weighted by atomic mass is 32.1. The van der Waals surface area contributed by atoms with Crippen LogP contribution in [0.25, 0.3) is 22.0 Å². The summed E-state index contributed by atoms with van der Waals surface area (Å²) in [5.74, 6) is 4.22. The number of thiophene rings is 1. The highest BCUT2D eigenvalue weighted by Crippen LogP contribution is 2.37. The minimum atomic E-state index is 0.267. The van der Waals surface area contributed by atoms with Crippen LogP contribution in [0.15, 0.2) is 84.2 Å². The first-order valence-corrected chi connectivity index (χ1v) is 15.3. The fourth-order valence-corrected chi connectivity index (χ4v) is 6.33. The number of aromatic nitrogens is 2. The van der Waals surface area contributed by atoms with Gasteiger partial charge in [-0.15, -0.1) is 11.3 Å². The second kappa shape index (κ2) is 11.9. The van der Waals surface area contributed by atoms with Gasteiger partial charge >= 0.3 is 0 Å². The fourth-order valence-electron chi connectivity index (χ4n) is 5.60. The zero-order chi connectivity index (χ0) is 28.3. The number of rotatable bonds is 11. The van der Waals surface area contributed by atoms with E-state index in [1.54, 1.807) is 11.3 Å². The lowest BCUT2D eigenvalue weighted by atomic mass is 10.1. The van der Waals surface area contributed by atoms with Crippen LogP contribution >= 0.6 is 11.3 Å². The smallest absolute Gasteiger partial charge is 0.231 e. The van der Waals surface area contributed by atoms with Gasteiger partial charge in [0, 0.05) is 31.7 Å².